The van der Waals surface area contributed by atoms with Crippen molar-refractivity contribution < 1.29 is 44.1 Å². The lowest BCUT2D eigenvalue weighted by Gasteiger charge is -2.25. The van der Waals surface area contributed by atoms with Crippen LogP contribution in [0.4, 0.5) is 0 Å². The Balaban J connectivity index is 3.13. The fourth-order valence-corrected chi connectivity index (χ4v) is 3.19. The van der Waals surface area contributed by atoms with Gasteiger partial charge in [-0.15, -0.1) is 0 Å². The number of hydrogen-bond donors (Lipinski definition) is 8. The van der Waals surface area contributed by atoms with Crippen molar-refractivity contribution in [3.63, 3.8) is 0 Å². The number of hydrogen-bond acceptors (Lipinski definition) is 8. The first-order valence-electron chi connectivity index (χ1n) is 10.9. The summed E-state index contributed by atoms with van der Waals surface area (Å²) >= 11 is 3.91. The maximum atomic E-state index is 13.0. The highest BCUT2D eigenvalue weighted by Crippen LogP contribution is 2.07. The number of carboxylic acids is 3. The van der Waals surface area contributed by atoms with Crippen LogP contribution in [0.15, 0.2) is 30.3 Å². The Morgan fingerprint density at radius 2 is 1.22 bits per heavy atom. The minimum atomic E-state index is -1.53. The van der Waals surface area contributed by atoms with Crippen LogP contribution in [0.25, 0.3) is 0 Å². The Morgan fingerprint density at radius 1 is 0.750 bits per heavy atom. The average molecular weight is 527 g/mol. The Kier molecular flexibility index (Phi) is 13.0. The molecule has 0 aromatic heterocycles. The number of rotatable bonds is 16. The Bertz CT molecular complexity index is 945. The van der Waals surface area contributed by atoms with Crippen LogP contribution in [-0.2, 0) is 35.2 Å². The van der Waals surface area contributed by atoms with Crippen molar-refractivity contribution in [3.8, 4) is 0 Å². The third-order valence-corrected chi connectivity index (χ3v) is 5.38. The summed E-state index contributed by atoms with van der Waals surface area (Å²) in [4.78, 5) is 71.5. The molecule has 4 unspecified atom stereocenters. The number of benzene rings is 1. The summed E-state index contributed by atoms with van der Waals surface area (Å²) in [6.07, 6.45) is -1.75. The van der Waals surface area contributed by atoms with Gasteiger partial charge >= 0.3 is 17.9 Å². The molecule has 4 atom stereocenters. The molecule has 0 heterocycles. The van der Waals surface area contributed by atoms with Gasteiger partial charge in [0.25, 0.3) is 0 Å². The van der Waals surface area contributed by atoms with Crippen LogP contribution in [-0.4, -0.2) is 80.9 Å². The van der Waals surface area contributed by atoms with E-state index in [1.54, 1.807) is 30.3 Å². The third kappa shape index (κ3) is 11.2. The zero-order valence-corrected chi connectivity index (χ0v) is 20.1. The molecule has 0 saturated carbocycles. The zero-order valence-electron chi connectivity index (χ0n) is 19.3. The first kappa shape index (κ1) is 30.4. The Labute approximate surface area is 212 Å². The number of nitrogens with one attached hydrogen (secondary N) is 3. The lowest BCUT2D eigenvalue weighted by atomic mass is 10.0. The van der Waals surface area contributed by atoms with Gasteiger partial charge in [0.05, 0.1) is 6.04 Å². The summed E-state index contributed by atoms with van der Waals surface area (Å²) in [5.74, 6) is -6.50. The summed E-state index contributed by atoms with van der Waals surface area (Å²) in [5.41, 5.74) is 6.22. The van der Waals surface area contributed by atoms with Crippen molar-refractivity contribution in [1.29, 1.82) is 0 Å². The second-order valence-electron chi connectivity index (χ2n) is 7.87. The molecule has 0 aliphatic heterocycles. The van der Waals surface area contributed by atoms with Gasteiger partial charge in [-0.1, -0.05) is 30.3 Å². The van der Waals surface area contributed by atoms with E-state index in [1.165, 1.54) is 0 Å². The van der Waals surface area contributed by atoms with Crippen molar-refractivity contribution in [3.05, 3.63) is 35.9 Å². The topological polar surface area (TPSA) is 225 Å². The van der Waals surface area contributed by atoms with E-state index in [2.05, 4.69) is 28.6 Å². The lowest BCUT2D eigenvalue weighted by molar-refractivity contribution is -0.143. The molecule has 0 aliphatic rings. The quantitative estimate of drug-likeness (QED) is 0.119. The highest BCUT2D eigenvalue weighted by molar-refractivity contribution is 7.80. The van der Waals surface area contributed by atoms with Crippen molar-refractivity contribution in [1.82, 2.24) is 16.0 Å². The van der Waals surface area contributed by atoms with Crippen LogP contribution >= 0.6 is 12.6 Å². The van der Waals surface area contributed by atoms with Gasteiger partial charge in [-0.3, -0.25) is 24.0 Å². The van der Waals surface area contributed by atoms with Crippen LogP contribution in [0.1, 0.15) is 31.2 Å². The normalized spacial score (nSPS) is 13.9. The van der Waals surface area contributed by atoms with E-state index in [1.807, 2.05) is 0 Å². The van der Waals surface area contributed by atoms with Gasteiger partial charge in [-0.2, -0.15) is 12.6 Å². The Morgan fingerprint density at radius 3 is 1.72 bits per heavy atom. The van der Waals surface area contributed by atoms with Crippen molar-refractivity contribution in [2.75, 3.05) is 5.75 Å². The minimum Gasteiger partial charge on any atom is -0.481 e. The monoisotopic (exact) mass is 526 g/mol. The number of carboxylic acid groups (broad SMARTS) is 3. The molecular weight excluding hydrogens is 496 g/mol. The molecule has 198 valence electrons. The van der Waals surface area contributed by atoms with Crippen molar-refractivity contribution in [2.45, 2.75) is 56.3 Å². The van der Waals surface area contributed by atoms with E-state index in [0.717, 1.165) is 0 Å². The lowest BCUT2D eigenvalue weighted by Crippen LogP contribution is -2.57. The molecule has 0 aliphatic carbocycles. The van der Waals surface area contributed by atoms with E-state index in [9.17, 15) is 33.9 Å². The number of carbonyl (C=O) groups excluding carboxylic acids is 3. The molecule has 8 N–H and O–H groups in total. The zero-order chi connectivity index (χ0) is 27.3. The number of thiol groups is 1. The highest BCUT2D eigenvalue weighted by atomic mass is 32.1. The molecule has 1 aromatic rings. The molecule has 0 radical (unpaired) electrons. The van der Waals surface area contributed by atoms with E-state index >= 15 is 0 Å². The molecule has 3 amide bonds. The van der Waals surface area contributed by atoms with E-state index < -0.39 is 72.6 Å². The largest absolute Gasteiger partial charge is 0.481 e. The van der Waals surface area contributed by atoms with Gasteiger partial charge in [0.1, 0.15) is 18.1 Å². The molecular formula is C22H30N4O9S. The molecule has 14 heteroatoms. The molecule has 1 aromatic carbocycles. The van der Waals surface area contributed by atoms with E-state index in [4.69, 9.17) is 15.9 Å². The average Bonchev–Trinajstić information content (AvgIpc) is 2.83. The fraction of sp³-hybridized carbons (Fsp3) is 0.455. The van der Waals surface area contributed by atoms with Crippen molar-refractivity contribution in [2.24, 2.45) is 5.73 Å². The van der Waals surface area contributed by atoms with Crippen LogP contribution < -0.4 is 21.7 Å². The van der Waals surface area contributed by atoms with Crippen LogP contribution in [0.5, 0.6) is 0 Å². The van der Waals surface area contributed by atoms with E-state index in [-0.39, 0.29) is 25.0 Å². The predicted molar refractivity (Wildman–Crippen MR) is 129 cm³/mol. The second kappa shape index (κ2) is 15.4. The van der Waals surface area contributed by atoms with Gasteiger partial charge in [0.15, 0.2) is 0 Å². The maximum Gasteiger partial charge on any atom is 0.326 e. The highest BCUT2D eigenvalue weighted by Gasteiger charge is 2.30. The van der Waals surface area contributed by atoms with E-state index in [0.29, 0.717) is 5.56 Å². The molecule has 0 bridgehead atoms. The SMILES string of the molecule is NC(CS)C(=O)NC(CCC(=O)O)C(=O)NC(Cc1ccccc1)C(=O)NC(CCC(=O)O)C(=O)O. The van der Waals surface area contributed by atoms with Crippen LogP contribution in [0.3, 0.4) is 0 Å². The first-order chi connectivity index (χ1) is 16.9. The maximum absolute atomic E-state index is 13.0. The van der Waals surface area contributed by atoms with Crippen LogP contribution in [0.2, 0.25) is 0 Å². The van der Waals surface area contributed by atoms with Gasteiger partial charge in [0.2, 0.25) is 17.7 Å². The minimum absolute atomic E-state index is 0.0366. The van der Waals surface area contributed by atoms with Crippen molar-refractivity contribution >= 4 is 48.3 Å². The summed E-state index contributed by atoms with van der Waals surface area (Å²) in [7, 11) is 0. The second-order valence-corrected chi connectivity index (χ2v) is 8.23. The molecule has 1 rings (SSSR count). The van der Waals surface area contributed by atoms with Gasteiger partial charge in [-0.25, -0.2) is 4.79 Å². The summed E-state index contributed by atoms with van der Waals surface area (Å²) in [6.45, 7) is 0. The van der Waals surface area contributed by atoms with Gasteiger partial charge < -0.3 is 37.0 Å². The van der Waals surface area contributed by atoms with Gasteiger partial charge in [0, 0.05) is 25.0 Å². The molecule has 0 fully saturated rings. The number of carbonyl (C=O) groups is 6. The molecule has 13 nitrogen and oxygen atoms in total. The number of nitrogens with two attached hydrogens (primary N) is 1. The van der Waals surface area contributed by atoms with Crippen LogP contribution in [0, 0.1) is 0 Å². The first-order valence-corrected chi connectivity index (χ1v) is 11.6. The van der Waals surface area contributed by atoms with Gasteiger partial charge in [-0.05, 0) is 18.4 Å². The number of aliphatic carboxylic acids is 3. The summed E-state index contributed by atoms with van der Waals surface area (Å²) in [5, 5.41) is 34.2. The molecule has 36 heavy (non-hydrogen) atoms. The standard InChI is InChI=1S/C22H30N4O9S/c23-13(11-36)19(31)24-14(6-8-17(27)28)20(32)26-16(10-12-4-2-1-3-5-12)21(33)25-15(22(34)35)7-9-18(29)30/h1-5,13-16,36H,6-11,23H2,(H,24,31)(H,25,33)(H,26,32)(H,27,28)(H,29,30)(H,34,35). The fourth-order valence-electron chi connectivity index (χ4n) is 3.03. The smallest absolute Gasteiger partial charge is 0.326 e. The molecule has 0 saturated heterocycles. The Hall–Kier alpha value is -3.65. The predicted octanol–water partition coefficient (Wildman–Crippen LogP) is -1.25. The molecule has 0 spiro atoms. The number of amides is 3. The summed E-state index contributed by atoms with van der Waals surface area (Å²) < 4.78 is 0. The third-order valence-electron chi connectivity index (χ3n) is 4.99. The summed E-state index contributed by atoms with van der Waals surface area (Å²) in [6, 6.07) is 3.17.